The third kappa shape index (κ3) is 1.08. The van der Waals surface area contributed by atoms with E-state index in [0.29, 0.717) is 5.75 Å². The summed E-state index contributed by atoms with van der Waals surface area (Å²) in [5.41, 5.74) is -0.349. The molecule has 64 valence electrons. The second-order valence-corrected chi connectivity index (χ2v) is 3.98. The van der Waals surface area contributed by atoms with Gasteiger partial charge < -0.3 is 20.1 Å². The largest absolute Gasteiger partial charge is 0.388 e. The second-order valence-electron chi connectivity index (χ2n) is 2.85. The summed E-state index contributed by atoms with van der Waals surface area (Å²) in [4.78, 5) is 0. The highest BCUT2D eigenvalue weighted by atomic mass is 32.2. The fourth-order valence-electron chi connectivity index (χ4n) is 1.38. The Labute approximate surface area is 68.2 Å². The van der Waals surface area contributed by atoms with E-state index < -0.39 is 18.3 Å². The average molecular weight is 178 g/mol. The summed E-state index contributed by atoms with van der Waals surface area (Å²) >= 11 is 1.44. The van der Waals surface area contributed by atoms with Crippen LogP contribution >= 0.6 is 11.8 Å². The highest BCUT2D eigenvalue weighted by Gasteiger charge is 2.48. The van der Waals surface area contributed by atoms with Gasteiger partial charge in [-0.05, 0) is 0 Å². The molecule has 2 saturated heterocycles. The Balaban J connectivity index is 2.16. The van der Waals surface area contributed by atoms with Crippen molar-refractivity contribution < 1.29 is 20.1 Å². The van der Waals surface area contributed by atoms with Gasteiger partial charge in [-0.25, -0.2) is 0 Å². The SMILES string of the molecule is OC1C2CSC(O2)C(O)C1O. The summed E-state index contributed by atoms with van der Waals surface area (Å²) in [6, 6.07) is 0. The number of hydrogen-bond acceptors (Lipinski definition) is 5. The van der Waals surface area contributed by atoms with Crippen LogP contribution in [-0.2, 0) is 4.74 Å². The molecule has 2 fully saturated rings. The van der Waals surface area contributed by atoms with Crippen molar-refractivity contribution in [2.24, 2.45) is 0 Å². The van der Waals surface area contributed by atoms with Gasteiger partial charge in [0.05, 0.1) is 6.10 Å². The number of hydrogen-bond donors (Lipinski definition) is 3. The Hall–Kier alpha value is 0.190. The number of fused-ring (bicyclic) bond motifs is 2. The second kappa shape index (κ2) is 2.60. The molecule has 0 spiro atoms. The lowest BCUT2D eigenvalue weighted by atomic mass is 10.0. The van der Waals surface area contributed by atoms with E-state index in [0.717, 1.165) is 0 Å². The van der Waals surface area contributed by atoms with Crippen molar-refractivity contribution in [3.8, 4) is 0 Å². The Morgan fingerprint density at radius 3 is 2.55 bits per heavy atom. The molecule has 5 atom stereocenters. The highest BCUT2D eigenvalue weighted by Crippen LogP contribution is 2.36. The minimum Gasteiger partial charge on any atom is -0.388 e. The monoisotopic (exact) mass is 178 g/mol. The van der Waals surface area contributed by atoms with E-state index in [1.54, 1.807) is 0 Å². The number of thioether (sulfide) groups is 1. The van der Waals surface area contributed by atoms with E-state index in [-0.39, 0.29) is 11.5 Å². The molecular formula is C6H10O4S. The average Bonchev–Trinajstić information content (AvgIpc) is 2.44. The van der Waals surface area contributed by atoms with E-state index in [9.17, 15) is 15.3 Å². The first kappa shape index (κ1) is 7.82. The first-order valence-electron chi connectivity index (χ1n) is 3.51. The minimum absolute atomic E-state index is 0.302. The highest BCUT2D eigenvalue weighted by molar-refractivity contribution is 8.00. The van der Waals surface area contributed by atoms with Crippen molar-refractivity contribution in [3.05, 3.63) is 0 Å². The first-order valence-corrected chi connectivity index (χ1v) is 4.56. The molecule has 2 aliphatic heterocycles. The van der Waals surface area contributed by atoms with E-state index in [2.05, 4.69) is 0 Å². The normalized spacial score (nSPS) is 56.5. The predicted octanol–water partition coefficient (Wildman–Crippen LogP) is -1.46. The lowest BCUT2D eigenvalue weighted by molar-refractivity contribution is -0.183. The topological polar surface area (TPSA) is 69.9 Å². The van der Waals surface area contributed by atoms with Gasteiger partial charge in [0, 0.05) is 5.75 Å². The van der Waals surface area contributed by atoms with Crippen molar-refractivity contribution in [2.45, 2.75) is 29.9 Å². The number of rotatable bonds is 0. The first-order chi connectivity index (χ1) is 5.20. The summed E-state index contributed by atoms with van der Waals surface area (Å²) in [7, 11) is 0. The summed E-state index contributed by atoms with van der Waals surface area (Å²) in [6.07, 6.45) is -3.23. The number of ether oxygens (including phenoxy) is 1. The molecule has 0 aromatic rings. The summed E-state index contributed by atoms with van der Waals surface area (Å²) in [5.74, 6) is 0.653. The molecule has 0 amide bonds. The van der Waals surface area contributed by atoms with Crippen LogP contribution in [0.3, 0.4) is 0 Å². The molecule has 2 bridgehead atoms. The maximum Gasteiger partial charge on any atom is 0.132 e. The molecule has 0 radical (unpaired) electrons. The molecule has 2 heterocycles. The molecule has 2 rings (SSSR count). The van der Waals surface area contributed by atoms with Crippen LogP contribution in [0, 0.1) is 0 Å². The van der Waals surface area contributed by atoms with Gasteiger partial charge in [-0.2, -0.15) is 0 Å². The van der Waals surface area contributed by atoms with Crippen molar-refractivity contribution >= 4 is 11.8 Å². The molecule has 0 aromatic carbocycles. The Bertz CT molecular complexity index is 145. The van der Waals surface area contributed by atoms with Crippen LogP contribution in [0.4, 0.5) is 0 Å². The third-order valence-corrected chi connectivity index (χ3v) is 3.33. The van der Waals surface area contributed by atoms with Crippen LogP contribution in [0.25, 0.3) is 0 Å². The Morgan fingerprint density at radius 2 is 1.82 bits per heavy atom. The molecule has 5 unspecified atom stereocenters. The van der Waals surface area contributed by atoms with Gasteiger partial charge in [-0.15, -0.1) is 11.8 Å². The maximum absolute atomic E-state index is 9.29. The van der Waals surface area contributed by atoms with Crippen LogP contribution in [0.1, 0.15) is 0 Å². The van der Waals surface area contributed by atoms with Crippen LogP contribution in [0.5, 0.6) is 0 Å². The van der Waals surface area contributed by atoms with Gasteiger partial charge in [0.15, 0.2) is 0 Å². The molecule has 0 aliphatic carbocycles. The van der Waals surface area contributed by atoms with E-state index in [1.165, 1.54) is 11.8 Å². The zero-order valence-corrected chi connectivity index (χ0v) is 6.57. The van der Waals surface area contributed by atoms with Crippen molar-refractivity contribution in [1.82, 2.24) is 0 Å². The number of aliphatic hydroxyl groups excluding tert-OH is 3. The van der Waals surface area contributed by atoms with Gasteiger partial charge in [0.2, 0.25) is 0 Å². The van der Waals surface area contributed by atoms with E-state index in [4.69, 9.17) is 4.74 Å². The van der Waals surface area contributed by atoms with E-state index >= 15 is 0 Å². The van der Waals surface area contributed by atoms with Gasteiger partial charge in [-0.3, -0.25) is 0 Å². The smallest absolute Gasteiger partial charge is 0.132 e. The summed E-state index contributed by atoms with van der Waals surface area (Å²) < 4.78 is 5.20. The molecule has 0 aromatic heterocycles. The zero-order valence-electron chi connectivity index (χ0n) is 5.75. The van der Waals surface area contributed by atoms with Gasteiger partial charge in [0.1, 0.15) is 23.7 Å². The van der Waals surface area contributed by atoms with Crippen molar-refractivity contribution in [2.75, 3.05) is 5.75 Å². The molecule has 4 nitrogen and oxygen atoms in total. The lowest BCUT2D eigenvalue weighted by Crippen LogP contribution is -2.53. The quantitative estimate of drug-likeness (QED) is 0.423. The third-order valence-electron chi connectivity index (χ3n) is 2.09. The summed E-state index contributed by atoms with van der Waals surface area (Å²) in [6.45, 7) is 0. The van der Waals surface area contributed by atoms with Crippen LogP contribution < -0.4 is 0 Å². The molecular weight excluding hydrogens is 168 g/mol. The fraction of sp³-hybridized carbons (Fsp3) is 1.00. The molecule has 11 heavy (non-hydrogen) atoms. The van der Waals surface area contributed by atoms with Gasteiger partial charge in [0.25, 0.3) is 0 Å². The zero-order chi connectivity index (χ0) is 8.01. The van der Waals surface area contributed by atoms with Gasteiger partial charge in [-0.1, -0.05) is 0 Å². The maximum atomic E-state index is 9.29. The fourth-order valence-corrected chi connectivity index (χ4v) is 2.62. The Morgan fingerprint density at radius 1 is 1.09 bits per heavy atom. The molecule has 5 heteroatoms. The predicted molar refractivity (Wildman–Crippen MR) is 39.1 cm³/mol. The minimum atomic E-state index is -1.05. The van der Waals surface area contributed by atoms with Gasteiger partial charge >= 0.3 is 0 Å². The lowest BCUT2D eigenvalue weighted by Gasteiger charge is -2.33. The van der Waals surface area contributed by atoms with Crippen LogP contribution in [-0.4, -0.2) is 50.9 Å². The van der Waals surface area contributed by atoms with Crippen molar-refractivity contribution in [1.29, 1.82) is 0 Å². The van der Waals surface area contributed by atoms with Crippen LogP contribution in [0.15, 0.2) is 0 Å². The molecule has 3 N–H and O–H groups in total. The standard InChI is InChI=1S/C6H10O4S/c7-3-2-1-11-6(10-2)5(9)4(3)8/h2-9H,1H2. The summed E-state index contributed by atoms with van der Waals surface area (Å²) in [5, 5.41) is 27.8. The molecule has 2 aliphatic rings. The van der Waals surface area contributed by atoms with Crippen molar-refractivity contribution in [3.63, 3.8) is 0 Å². The molecule has 0 saturated carbocycles. The Kier molecular flexibility index (Phi) is 1.85. The van der Waals surface area contributed by atoms with Crippen LogP contribution in [0.2, 0.25) is 0 Å². The van der Waals surface area contributed by atoms with E-state index in [1.807, 2.05) is 0 Å². The number of aliphatic hydroxyl groups is 3.